The molecule has 0 aromatic carbocycles. The number of rotatable bonds is 2. The summed E-state index contributed by atoms with van der Waals surface area (Å²) < 4.78 is 5.59. The van der Waals surface area contributed by atoms with E-state index in [1.54, 1.807) is 0 Å². The summed E-state index contributed by atoms with van der Waals surface area (Å²) in [7, 11) is 0. The maximum absolute atomic E-state index is 9.69. The van der Waals surface area contributed by atoms with Crippen molar-refractivity contribution in [3.8, 4) is 0 Å². The summed E-state index contributed by atoms with van der Waals surface area (Å²) >= 11 is -1.22. The zero-order chi connectivity index (χ0) is 8.27. The molecule has 1 aliphatic heterocycles. The maximum atomic E-state index is 9.69. The highest BCUT2D eigenvalue weighted by atomic mass is 27.2. The van der Waals surface area contributed by atoms with E-state index in [0.717, 1.165) is 6.61 Å². The molecular weight excluding hydrogens is 155 g/mol. The molecule has 3 heteroatoms. The van der Waals surface area contributed by atoms with E-state index in [0.29, 0.717) is 5.92 Å². The van der Waals surface area contributed by atoms with Crippen molar-refractivity contribution in [1.29, 1.82) is 0 Å². The molecule has 0 aromatic heterocycles. The predicted octanol–water partition coefficient (Wildman–Crippen LogP) is 1.34. The van der Waals surface area contributed by atoms with E-state index in [4.69, 9.17) is 3.79 Å². The van der Waals surface area contributed by atoms with Gasteiger partial charge in [0.1, 0.15) is 0 Å². The largest absolute Gasteiger partial charge is 0.499 e. The first-order chi connectivity index (χ1) is 5.22. The number of hydrogen-bond acceptors (Lipinski definition) is 2. The Kier molecular flexibility index (Phi) is 3.88. The summed E-state index contributed by atoms with van der Waals surface area (Å²) in [5.74, 6) is 0.379. The van der Waals surface area contributed by atoms with Gasteiger partial charge in [-0.15, -0.1) is 0 Å². The lowest BCUT2D eigenvalue weighted by molar-refractivity contribution is 0.154. The van der Waals surface area contributed by atoms with Gasteiger partial charge in [-0.2, -0.15) is 0 Å². The van der Waals surface area contributed by atoms with Crippen LogP contribution in [0.2, 0.25) is 5.28 Å². The summed E-state index contributed by atoms with van der Waals surface area (Å²) in [6.45, 7) is 5.02. The maximum Gasteiger partial charge on any atom is 0.492 e. The molecule has 1 saturated heterocycles. The molecule has 0 aliphatic carbocycles. The van der Waals surface area contributed by atoms with Crippen LogP contribution in [0.5, 0.6) is 0 Å². The highest BCUT2D eigenvalue weighted by Gasteiger charge is 2.33. The van der Waals surface area contributed by atoms with Gasteiger partial charge in [-0.25, -0.2) is 0 Å². The Morgan fingerprint density at radius 1 is 1.36 bits per heavy atom. The first kappa shape index (κ1) is 9.54. The van der Waals surface area contributed by atoms with E-state index < -0.39 is 14.5 Å². The molecule has 64 valence electrons. The molecule has 1 N–H and O–H groups in total. The van der Waals surface area contributed by atoms with Gasteiger partial charge >= 0.3 is 14.5 Å². The van der Waals surface area contributed by atoms with Gasteiger partial charge in [0.15, 0.2) is 0 Å². The summed E-state index contributed by atoms with van der Waals surface area (Å²) in [6, 6.07) is 0. The molecule has 0 saturated carbocycles. The molecule has 1 rings (SSSR count). The van der Waals surface area contributed by atoms with Gasteiger partial charge in [-0.1, -0.05) is 25.6 Å². The lowest BCUT2D eigenvalue weighted by Gasteiger charge is -2.24. The van der Waals surface area contributed by atoms with E-state index in [1.807, 2.05) is 0 Å². The van der Waals surface area contributed by atoms with Crippen LogP contribution in [0.25, 0.3) is 0 Å². The van der Waals surface area contributed by atoms with Crippen LogP contribution in [0.4, 0.5) is 0 Å². The van der Waals surface area contributed by atoms with Gasteiger partial charge in [0.05, 0.1) is 0 Å². The van der Waals surface area contributed by atoms with Crippen molar-refractivity contribution >= 4 is 14.5 Å². The topological polar surface area (TPSA) is 29.5 Å². The molecule has 1 fully saturated rings. The van der Waals surface area contributed by atoms with Crippen molar-refractivity contribution in [2.45, 2.75) is 36.9 Å². The molecule has 1 heterocycles. The van der Waals surface area contributed by atoms with Crippen LogP contribution >= 0.6 is 0 Å². The molecular formula is C8H17AlO2. The molecule has 11 heavy (non-hydrogen) atoms. The summed E-state index contributed by atoms with van der Waals surface area (Å²) in [5.41, 5.74) is 0. The highest BCUT2D eigenvalue weighted by molar-refractivity contribution is 6.53. The fraction of sp³-hybridized carbons (Fsp3) is 1.00. The molecule has 1 aliphatic rings. The Morgan fingerprint density at radius 2 is 2.09 bits per heavy atom. The minimum atomic E-state index is -1.22. The third kappa shape index (κ3) is 2.76. The van der Waals surface area contributed by atoms with E-state index >= 15 is 0 Å². The number of hydrogen-bond donors (Lipinski definition) is 1. The SMILES string of the molecule is CC(C)[CH](O)[Al]1[CH2]CCC[O]1. The van der Waals surface area contributed by atoms with Gasteiger partial charge in [0.2, 0.25) is 0 Å². The summed E-state index contributed by atoms with van der Waals surface area (Å²) in [6.07, 6.45) is 2.45. The van der Waals surface area contributed by atoms with Gasteiger partial charge in [0, 0.05) is 11.6 Å². The van der Waals surface area contributed by atoms with Crippen molar-refractivity contribution in [1.82, 2.24) is 0 Å². The summed E-state index contributed by atoms with van der Waals surface area (Å²) in [5, 5.41) is 10.9. The Balaban J connectivity index is 2.32. The van der Waals surface area contributed by atoms with Crippen LogP contribution in [-0.4, -0.2) is 31.2 Å². The van der Waals surface area contributed by atoms with Crippen molar-refractivity contribution < 1.29 is 8.90 Å². The minimum absolute atomic E-state index is 0.129. The van der Waals surface area contributed by atoms with Crippen molar-refractivity contribution in [3.05, 3.63) is 0 Å². The lowest BCUT2D eigenvalue weighted by atomic mass is 10.2. The van der Waals surface area contributed by atoms with Crippen LogP contribution in [-0.2, 0) is 3.79 Å². The standard InChI is InChI=1S/C4H9O.C4H8O.Al/c1-4(2)3-5;1-2-3-4-5;/h3-5H,1-2H3;1-4H2;/q;-1;+1. The van der Waals surface area contributed by atoms with Crippen LogP contribution in [0.1, 0.15) is 26.7 Å². The minimum Gasteiger partial charge on any atom is -0.499 e. The summed E-state index contributed by atoms with van der Waals surface area (Å²) in [4.78, 5) is -0.129. The Morgan fingerprint density at radius 3 is 2.55 bits per heavy atom. The zero-order valence-corrected chi connectivity index (χ0v) is 8.57. The van der Waals surface area contributed by atoms with Crippen LogP contribution in [0.3, 0.4) is 0 Å². The van der Waals surface area contributed by atoms with E-state index in [-0.39, 0.29) is 4.97 Å². The molecule has 1 unspecified atom stereocenters. The van der Waals surface area contributed by atoms with Crippen molar-refractivity contribution in [2.24, 2.45) is 5.92 Å². The second kappa shape index (κ2) is 4.47. The third-order valence-electron chi connectivity index (χ3n) is 2.28. The number of aliphatic hydroxyl groups is 1. The van der Waals surface area contributed by atoms with Gasteiger partial charge < -0.3 is 8.90 Å². The van der Waals surface area contributed by atoms with Gasteiger partial charge in [-0.3, -0.25) is 0 Å². The fourth-order valence-electron chi connectivity index (χ4n) is 1.46. The second-order valence-corrected chi connectivity index (χ2v) is 6.31. The fourth-order valence-corrected chi connectivity index (χ4v) is 4.19. The zero-order valence-electron chi connectivity index (χ0n) is 7.42. The Hall–Kier alpha value is 0.452. The quantitative estimate of drug-likeness (QED) is 0.637. The van der Waals surface area contributed by atoms with E-state index in [2.05, 4.69) is 13.8 Å². The molecule has 0 radical (unpaired) electrons. The monoisotopic (exact) mass is 172 g/mol. The average molecular weight is 172 g/mol. The molecule has 0 amide bonds. The lowest BCUT2D eigenvalue weighted by Crippen LogP contribution is -2.40. The predicted molar refractivity (Wildman–Crippen MR) is 46.6 cm³/mol. The number of aliphatic hydroxyl groups excluding tert-OH is 1. The van der Waals surface area contributed by atoms with Crippen molar-refractivity contribution in [2.75, 3.05) is 6.61 Å². The second-order valence-electron chi connectivity index (χ2n) is 3.64. The van der Waals surface area contributed by atoms with E-state index in [1.165, 1.54) is 18.1 Å². The van der Waals surface area contributed by atoms with Gasteiger partial charge in [-0.05, 0) is 12.3 Å². The first-order valence-corrected chi connectivity index (χ1v) is 6.47. The van der Waals surface area contributed by atoms with Crippen LogP contribution in [0, 0.1) is 5.92 Å². The first-order valence-electron chi connectivity index (χ1n) is 4.51. The average Bonchev–Trinajstić information content (AvgIpc) is 2.05. The Labute approximate surface area is 73.3 Å². The molecule has 0 spiro atoms. The van der Waals surface area contributed by atoms with Crippen molar-refractivity contribution in [3.63, 3.8) is 0 Å². The molecule has 0 aromatic rings. The normalized spacial score (nSPS) is 22.4. The Bertz CT molecular complexity index is 111. The molecule has 0 bridgehead atoms. The van der Waals surface area contributed by atoms with Gasteiger partial charge in [0.25, 0.3) is 0 Å². The van der Waals surface area contributed by atoms with Crippen LogP contribution in [0.15, 0.2) is 0 Å². The van der Waals surface area contributed by atoms with Crippen LogP contribution < -0.4 is 0 Å². The highest BCUT2D eigenvalue weighted by Crippen LogP contribution is 2.17. The molecule has 1 atom stereocenters. The third-order valence-corrected chi connectivity index (χ3v) is 5.45. The smallest absolute Gasteiger partial charge is 0.492 e. The van der Waals surface area contributed by atoms with E-state index in [9.17, 15) is 5.11 Å². The molecule has 2 nitrogen and oxygen atoms in total.